The third-order valence-corrected chi connectivity index (χ3v) is 13.4. The van der Waals surface area contributed by atoms with E-state index in [9.17, 15) is 14.7 Å². The molecule has 2 aliphatic heterocycles. The summed E-state index contributed by atoms with van der Waals surface area (Å²) in [6.07, 6.45) is 8.20. The van der Waals surface area contributed by atoms with Crippen molar-refractivity contribution in [3.05, 3.63) is 220 Å². The van der Waals surface area contributed by atoms with E-state index in [0.717, 1.165) is 106 Å². The summed E-state index contributed by atoms with van der Waals surface area (Å²) in [4.78, 5) is 46.9. The monoisotopic (exact) mass is 954 g/mol. The van der Waals surface area contributed by atoms with Crippen molar-refractivity contribution in [1.29, 1.82) is 0 Å². The summed E-state index contributed by atoms with van der Waals surface area (Å²) in [5.74, 6) is -0.599. The average Bonchev–Trinajstić information content (AvgIpc) is 4.25. The van der Waals surface area contributed by atoms with E-state index in [0.29, 0.717) is 35.0 Å². The number of rotatable bonds is 11. The molecule has 0 saturated heterocycles. The number of aromatic amines is 2. The maximum Gasteiger partial charge on any atom is 0.335 e. The van der Waals surface area contributed by atoms with Gasteiger partial charge in [-0.15, -0.1) is 0 Å². The van der Waals surface area contributed by atoms with Crippen LogP contribution in [0.2, 0.25) is 0 Å². The summed E-state index contributed by atoms with van der Waals surface area (Å²) in [7, 11) is 0. The van der Waals surface area contributed by atoms with Crippen LogP contribution in [0.5, 0.6) is 5.75 Å². The van der Waals surface area contributed by atoms with Crippen molar-refractivity contribution < 1.29 is 19.4 Å². The van der Waals surface area contributed by atoms with Crippen LogP contribution in [-0.2, 0) is 4.79 Å². The maximum atomic E-state index is 12.1. The van der Waals surface area contributed by atoms with Crippen LogP contribution < -0.4 is 14.5 Å². The number of nitrogens with one attached hydrogen (secondary N) is 2. The molecular weight excluding hydrogens is 905 g/mol. The Balaban J connectivity index is 1.32. The number of fused-ring (bicyclic) bond motifs is 8. The summed E-state index contributed by atoms with van der Waals surface area (Å²) in [6.45, 7) is 10.9. The number of aryl methyl sites for hydroxylation is 5. The second-order valence-electron chi connectivity index (χ2n) is 18.5. The van der Waals surface area contributed by atoms with E-state index in [1.165, 1.54) is 0 Å². The molecule has 0 aliphatic carbocycles. The number of hydrogen-bond acceptors (Lipinski definition) is 7. The number of benzene rings is 6. The molecule has 0 radical (unpaired) electrons. The number of aromatic carboxylic acids is 1. The summed E-state index contributed by atoms with van der Waals surface area (Å²) in [5, 5.41) is 9.94. The molecule has 0 unspecified atom stereocenters. The summed E-state index contributed by atoms with van der Waals surface area (Å²) in [6, 6.07) is 54.7. The zero-order valence-corrected chi connectivity index (χ0v) is 40.9. The first-order valence-corrected chi connectivity index (χ1v) is 24.1. The highest BCUT2D eigenvalue weighted by atomic mass is 16.5. The molecule has 0 saturated carbocycles. The van der Waals surface area contributed by atoms with E-state index in [-0.39, 0.29) is 5.56 Å². The average molecular weight is 955 g/mol. The molecule has 3 N–H and O–H groups in total. The van der Waals surface area contributed by atoms with E-state index in [4.69, 9.17) is 14.7 Å². The van der Waals surface area contributed by atoms with Gasteiger partial charge in [-0.1, -0.05) is 95.1 Å². The summed E-state index contributed by atoms with van der Waals surface area (Å²) in [5.41, 5.74) is 20.4. The van der Waals surface area contributed by atoms with Crippen molar-refractivity contribution >= 4 is 92.9 Å². The smallest absolute Gasteiger partial charge is 0.335 e. The van der Waals surface area contributed by atoms with Crippen molar-refractivity contribution in [2.24, 2.45) is 0 Å². The van der Waals surface area contributed by atoms with Gasteiger partial charge in [-0.3, -0.25) is 4.79 Å². The lowest BCUT2D eigenvalue weighted by Gasteiger charge is -2.28. The zero-order chi connectivity index (χ0) is 50.3. The van der Waals surface area contributed by atoms with Gasteiger partial charge in [0.05, 0.1) is 50.7 Å². The minimum absolute atomic E-state index is 0.177. The highest BCUT2D eigenvalue weighted by molar-refractivity contribution is 6.02. The van der Waals surface area contributed by atoms with Crippen molar-refractivity contribution in [2.45, 2.75) is 34.6 Å². The molecule has 73 heavy (non-hydrogen) atoms. The van der Waals surface area contributed by atoms with Gasteiger partial charge < -0.3 is 29.6 Å². The number of ether oxygens (including phenoxy) is 1. The molecule has 5 heterocycles. The van der Waals surface area contributed by atoms with Gasteiger partial charge in [0, 0.05) is 44.9 Å². The molecule has 6 aromatic carbocycles. The molecule has 11 rings (SSSR count). The molecule has 0 fully saturated rings. The second-order valence-corrected chi connectivity index (χ2v) is 18.5. The number of carbonyl (C=O) groups excluding carboxylic acids is 1. The molecule has 9 aromatic rings. The largest absolute Gasteiger partial charge is 0.478 e. The number of aromatic nitrogens is 4. The lowest BCUT2D eigenvalue weighted by molar-refractivity contribution is -0.120. The predicted molar refractivity (Wildman–Crippen MR) is 296 cm³/mol. The number of hydrogen-bond donors (Lipinski definition) is 3. The van der Waals surface area contributed by atoms with Gasteiger partial charge in [0.25, 0.3) is 6.47 Å². The molecule has 356 valence electrons. The highest BCUT2D eigenvalue weighted by Crippen LogP contribution is 2.45. The van der Waals surface area contributed by atoms with E-state index < -0.39 is 5.97 Å². The third kappa shape index (κ3) is 8.87. The van der Waals surface area contributed by atoms with Crippen molar-refractivity contribution in [1.82, 2.24) is 19.9 Å². The normalized spacial score (nSPS) is 11.7. The fourth-order valence-electron chi connectivity index (χ4n) is 9.72. The first-order valence-electron chi connectivity index (χ1n) is 24.1. The number of carboxylic acid groups (broad SMARTS) is 1. The minimum atomic E-state index is -1.01. The Hall–Kier alpha value is -9.54. The van der Waals surface area contributed by atoms with Gasteiger partial charge in [0.2, 0.25) is 0 Å². The van der Waals surface area contributed by atoms with Crippen molar-refractivity contribution in [3.8, 4) is 28.0 Å². The molecule has 8 bridgehead atoms. The van der Waals surface area contributed by atoms with Crippen LogP contribution in [0.4, 0.5) is 34.1 Å². The Kier molecular flexibility index (Phi) is 11.9. The molecular formula is C63H50N6O4. The Bertz CT molecular complexity index is 3800. The third-order valence-electron chi connectivity index (χ3n) is 13.4. The second kappa shape index (κ2) is 19.0. The lowest BCUT2D eigenvalue weighted by Crippen LogP contribution is -2.13. The minimum Gasteiger partial charge on any atom is -0.478 e. The van der Waals surface area contributed by atoms with Gasteiger partial charge in [0.1, 0.15) is 5.75 Å². The standard InChI is InChI=1S/C63H50N6O4/c1-38-6-19-46(20-7-38)68(47-21-8-39(2)9-22-47)61-54-31-29-53(65-54)60(44-17-25-49(26-18-44)73-37-70)51-28-27-50(64-51)59(43-13-15-45(16-14-43)63(71)72)52-30-32-56(66-52)62(57-34-33-55(61)67-57)69(48-23-10-40(3)11-24-48)58-35-12-41(4)36-42(58)5/h6-37,64,67H,1-5H3,(H,71,72). The number of carboxylic acids is 1. The topological polar surface area (TPSA) is 127 Å². The van der Waals surface area contributed by atoms with Gasteiger partial charge in [-0.2, -0.15) is 0 Å². The number of carbonyl (C=O) groups is 2. The molecule has 0 atom stereocenters. The van der Waals surface area contributed by atoms with Crippen LogP contribution in [0.15, 0.2) is 164 Å². The first-order chi connectivity index (χ1) is 35.5. The van der Waals surface area contributed by atoms with E-state index in [2.05, 4.69) is 170 Å². The maximum absolute atomic E-state index is 12.1. The fraction of sp³-hybridized carbons (Fsp3) is 0.0794. The van der Waals surface area contributed by atoms with E-state index in [1.54, 1.807) is 24.3 Å². The van der Waals surface area contributed by atoms with Gasteiger partial charge >= 0.3 is 5.97 Å². The first kappa shape index (κ1) is 45.9. The van der Waals surface area contributed by atoms with Crippen LogP contribution in [0, 0.1) is 34.6 Å². The molecule has 0 amide bonds. The summed E-state index contributed by atoms with van der Waals surface area (Å²) < 4.78 is 5.23. The number of nitrogens with zero attached hydrogens (tertiary/aromatic N) is 4. The molecule has 0 spiro atoms. The van der Waals surface area contributed by atoms with Gasteiger partial charge in [-0.25, -0.2) is 14.8 Å². The molecule has 3 aromatic heterocycles. The summed E-state index contributed by atoms with van der Waals surface area (Å²) >= 11 is 0. The highest BCUT2D eigenvalue weighted by Gasteiger charge is 2.26. The Morgan fingerprint density at radius 2 is 0.890 bits per heavy atom. The van der Waals surface area contributed by atoms with Crippen molar-refractivity contribution in [3.63, 3.8) is 0 Å². The fourth-order valence-corrected chi connectivity index (χ4v) is 9.72. The Morgan fingerprint density at radius 3 is 1.36 bits per heavy atom. The van der Waals surface area contributed by atoms with Crippen LogP contribution in [0.1, 0.15) is 61.0 Å². The molecule has 10 nitrogen and oxygen atoms in total. The van der Waals surface area contributed by atoms with Crippen LogP contribution in [-0.4, -0.2) is 37.5 Å². The molecule has 10 heteroatoms. The van der Waals surface area contributed by atoms with Crippen LogP contribution in [0.3, 0.4) is 0 Å². The van der Waals surface area contributed by atoms with Crippen LogP contribution >= 0.6 is 0 Å². The van der Waals surface area contributed by atoms with Crippen molar-refractivity contribution in [2.75, 3.05) is 9.80 Å². The Morgan fingerprint density at radius 1 is 0.479 bits per heavy atom. The van der Waals surface area contributed by atoms with Gasteiger partial charge in [0.15, 0.2) is 0 Å². The zero-order valence-electron chi connectivity index (χ0n) is 40.9. The SMILES string of the molecule is Cc1ccc(N(c2ccc(C)cc2)c2c3nc(c(-c4ccc(OC=O)cc4)c4ccc([nH]4)c(-c4ccc(C(=O)O)cc4)c4nc(c(N(c5ccc(C)cc5)c5ccc(C)cc5C)c5ccc2[nH]5)C=C4)C=C3)cc1. The Labute approximate surface area is 422 Å². The number of anilines is 6. The predicted octanol–water partition coefficient (Wildman–Crippen LogP) is 15.7. The lowest BCUT2D eigenvalue weighted by atomic mass is 10.0. The number of H-pyrrole nitrogens is 2. The van der Waals surface area contributed by atoms with Crippen LogP contribution in [0.25, 0.3) is 68.6 Å². The molecule has 2 aliphatic rings. The van der Waals surface area contributed by atoms with E-state index in [1.807, 2.05) is 48.6 Å². The van der Waals surface area contributed by atoms with Gasteiger partial charge in [-0.05, 0) is 167 Å². The van der Waals surface area contributed by atoms with E-state index >= 15 is 0 Å². The quantitative estimate of drug-likeness (QED) is 0.109.